The van der Waals surface area contributed by atoms with Crippen LogP contribution < -0.4 is 0 Å². The van der Waals surface area contributed by atoms with Crippen LogP contribution in [0, 0.1) is 0 Å². The number of nitrogens with zero attached hydrogens (tertiary/aromatic N) is 1. The Bertz CT molecular complexity index is 157. The van der Waals surface area contributed by atoms with Gasteiger partial charge in [0.2, 0.25) is 0 Å². The average Bonchev–Trinajstić information content (AvgIpc) is 2.07. The fourth-order valence-electron chi connectivity index (χ4n) is 3.07. The fraction of sp³-hybridized carbons (Fsp3) is 1.00. The molecule has 0 aromatic rings. The molecular weight excluding hydrogens is 162 g/mol. The average molecular weight is 183 g/mol. The Morgan fingerprint density at radius 3 is 2.38 bits per heavy atom. The molecule has 1 N–H and O–H groups in total. The summed E-state index contributed by atoms with van der Waals surface area (Å²) < 4.78 is 0. The first kappa shape index (κ1) is 9.47. The van der Waals surface area contributed by atoms with Crippen LogP contribution in [0.25, 0.3) is 0 Å². The predicted molar refractivity (Wildman–Crippen MR) is 53.7 cm³/mol. The minimum Gasteiger partial charge on any atom is -0.393 e. The first-order valence-corrected chi connectivity index (χ1v) is 5.75. The summed E-state index contributed by atoms with van der Waals surface area (Å²) in [7, 11) is 0. The molecule has 0 amide bonds. The quantitative estimate of drug-likeness (QED) is 0.705. The van der Waals surface area contributed by atoms with Gasteiger partial charge in [0.25, 0.3) is 0 Å². The highest BCUT2D eigenvalue weighted by Crippen LogP contribution is 2.33. The van der Waals surface area contributed by atoms with E-state index in [1.54, 1.807) is 0 Å². The van der Waals surface area contributed by atoms with E-state index in [1.807, 2.05) is 0 Å². The van der Waals surface area contributed by atoms with Gasteiger partial charge >= 0.3 is 0 Å². The smallest absolute Gasteiger partial charge is 0.0570 e. The second-order valence-electron chi connectivity index (χ2n) is 4.60. The molecule has 2 rings (SSSR count). The molecule has 2 saturated heterocycles. The molecule has 0 spiro atoms. The highest BCUT2D eigenvalue weighted by molar-refractivity contribution is 4.92. The summed E-state index contributed by atoms with van der Waals surface area (Å²) in [6.45, 7) is 3.49. The number of aliphatic hydroxyl groups excluding tert-OH is 1. The van der Waals surface area contributed by atoms with E-state index in [4.69, 9.17) is 0 Å². The zero-order chi connectivity index (χ0) is 9.26. The largest absolute Gasteiger partial charge is 0.393 e. The van der Waals surface area contributed by atoms with Crippen molar-refractivity contribution in [2.75, 3.05) is 6.54 Å². The fourth-order valence-corrected chi connectivity index (χ4v) is 3.07. The lowest BCUT2D eigenvalue weighted by molar-refractivity contribution is -0.0260. The van der Waals surface area contributed by atoms with Gasteiger partial charge in [-0.1, -0.05) is 13.3 Å². The Labute approximate surface area is 80.9 Å². The highest BCUT2D eigenvalue weighted by Gasteiger charge is 2.36. The molecule has 0 aromatic heterocycles. The summed E-state index contributed by atoms with van der Waals surface area (Å²) in [5.74, 6) is 0. The molecule has 2 heterocycles. The SMILES string of the molecule is CCCN1[C@H]2CCC[C@H]1CC(O)C2. The number of aliphatic hydroxyl groups is 1. The lowest BCUT2D eigenvalue weighted by Gasteiger charge is -2.47. The van der Waals surface area contributed by atoms with Gasteiger partial charge in [0.1, 0.15) is 0 Å². The molecule has 2 aliphatic heterocycles. The number of hydrogen-bond acceptors (Lipinski definition) is 2. The normalized spacial score (nSPS) is 40.6. The van der Waals surface area contributed by atoms with Gasteiger partial charge in [-0.3, -0.25) is 4.90 Å². The molecule has 2 bridgehead atoms. The summed E-state index contributed by atoms with van der Waals surface area (Å²) in [5, 5.41) is 9.67. The molecule has 0 saturated carbocycles. The maximum atomic E-state index is 9.67. The Morgan fingerprint density at radius 1 is 1.23 bits per heavy atom. The lowest BCUT2D eigenvalue weighted by atomic mass is 9.83. The molecule has 0 radical (unpaired) electrons. The van der Waals surface area contributed by atoms with Gasteiger partial charge in [-0.15, -0.1) is 0 Å². The first-order chi connectivity index (χ1) is 6.31. The van der Waals surface area contributed by atoms with E-state index in [1.165, 1.54) is 32.2 Å². The second kappa shape index (κ2) is 3.97. The van der Waals surface area contributed by atoms with E-state index in [-0.39, 0.29) is 6.10 Å². The van der Waals surface area contributed by atoms with E-state index >= 15 is 0 Å². The summed E-state index contributed by atoms with van der Waals surface area (Å²) in [6.07, 6.45) is 7.29. The maximum absolute atomic E-state index is 9.67. The summed E-state index contributed by atoms with van der Waals surface area (Å²) in [5.41, 5.74) is 0. The summed E-state index contributed by atoms with van der Waals surface area (Å²) in [6, 6.07) is 1.39. The Balaban J connectivity index is 2.01. The minimum absolute atomic E-state index is 0.0107. The maximum Gasteiger partial charge on any atom is 0.0570 e. The van der Waals surface area contributed by atoms with Gasteiger partial charge < -0.3 is 5.11 Å². The van der Waals surface area contributed by atoms with Crippen LogP contribution in [0.3, 0.4) is 0 Å². The van der Waals surface area contributed by atoms with Gasteiger partial charge in [0.15, 0.2) is 0 Å². The molecule has 76 valence electrons. The van der Waals surface area contributed by atoms with E-state index < -0.39 is 0 Å². The third-order valence-corrected chi connectivity index (χ3v) is 3.58. The van der Waals surface area contributed by atoms with Crippen LogP contribution in [0.15, 0.2) is 0 Å². The van der Waals surface area contributed by atoms with Gasteiger partial charge in [-0.2, -0.15) is 0 Å². The number of hydrogen-bond donors (Lipinski definition) is 1. The van der Waals surface area contributed by atoms with Gasteiger partial charge in [-0.25, -0.2) is 0 Å². The van der Waals surface area contributed by atoms with E-state index in [0.29, 0.717) is 12.1 Å². The number of fused-ring (bicyclic) bond motifs is 2. The Kier molecular flexibility index (Phi) is 2.89. The summed E-state index contributed by atoms with van der Waals surface area (Å²) >= 11 is 0. The third kappa shape index (κ3) is 1.89. The molecule has 0 aliphatic carbocycles. The molecule has 2 fully saturated rings. The van der Waals surface area contributed by atoms with Crippen LogP contribution in [-0.2, 0) is 0 Å². The van der Waals surface area contributed by atoms with Crippen molar-refractivity contribution in [3.63, 3.8) is 0 Å². The van der Waals surface area contributed by atoms with Crippen molar-refractivity contribution in [3.05, 3.63) is 0 Å². The zero-order valence-electron chi connectivity index (χ0n) is 8.58. The third-order valence-electron chi connectivity index (χ3n) is 3.58. The van der Waals surface area contributed by atoms with Crippen LogP contribution in [0.4, 0.5) is 0 Å². The molecular formula is C11H21NO. The van der Waals surface area contributed by atoms with Crippen LogP contribution in [0.2, 0.25) is 0 Å². The van der Waals surface area contributed by atoms with Crippen LogP contribution >= 0.6 is 0 Å². The lowest BCUT2D eigenvalue weighted by Crippen LogP contribution is -2.53. The monoisotopic (exact) mass is 183 g/mol. The minimum atomic E-state index is -0.0107. The van der Waals surface area contributed by atoms with Crippen molar-refractivity contribution in [3.8, 4) is 0 Å². The van der Waals surface area contributed by atoms with Gasteiger partial charge in [-0.05, 0) is 38.6 Å². The van der Waals surface area contributed by atoms with Crippen LogP contribution in [0.1, 0.15) is 45.4 Å². The van der Waals surface area contributed by atoms with E-state index in [9.17, 15) is 5.11 Å². The Hall–Kier alpha value is -0.0800. The molecule has 2 heteroatoms. The number of piperidine rings is 2. The second-order valence-corrected chi connectivity index (χ2v) is 4.60. The van der Waals surface area contributed by atoms with Gasteiger partial charge in [0.05, 0.1) is 6.10 Å². The van der Waals surface area contributed by atoms with E-state index in [0.717, 1.165) is 12.8 Å². The molecule has 2 aliphatic rings. The molecule has 2 atom stereocenters. The van der Waals surface area contributed by atoms with E-state index in [2.05, 4.69) is 11.8 Å². The molecule has 0 unspecified atom stereocenters. The van der Waals surface area contributed by atoms with Crippen molar-refractivity contribution in [2.24, 2.45) is 0 Å². The standard InChI is InChI=1S/C11H21NO/c1-2-6-12-9-4-3-5-10(12)8-11(13)7-9/h9-11,13H,2-8H2,1H3/t9-,10-/m0/s1. The topological polar surface area (TPSA) is 23.5 Å². The predicted octanol–water partition coefficient (Wildman–Crippen LogP) is 1.77. The molecule has 13 heavy (non-hydrogen) atoms. The van der Waals surface area contributed by atoms with Crippen molar-refractivity contribution < 1.29 is 5.11 Å². The van der Waals surface area contributed by atoms with Crippen molar-refractivity contribution in [1.82, 2.24) is 4.90 Å². The number of rotatable bonds is 2. The summed E-state index contributed by atoms with van der Waals surface area (Å²) in [4.78, 5) is 2.65. The van der Waals surface area contributed by atoms with Crippen molar-refractivity contribution in [1.29, 1.82) is 0 Å². The van der Waals surface area contributed by atoms with Crippen LogP contribution in [-0.4, -0.2) is 34.7 Å². The van der Waals surface area contributed by atoms with Crippen molar-refractivity contribution in [2.45, 2.75) is 63.6 Å². The van der Waals surface area contributed by atoms with Gasteiger partial charge in [0, 0.05) is 12.1 Å². The molecule has 2 nitrogen and oxygen atoms in total. The van der Waals surface area contributed by atoms with Crippen molar-refractivity contribution >= 4 is 0 Å². The Morgan fingerprint density at radius 2 is 1.85 bits per heavy atom. The zero-order valence-corrected chi connectivity index (χ0v) is 8.58. The highest BCUT2D eigenvalue weighted by atomic mass is 16.3. The molecule has 0 aromatic carbocycles. The first-order valence-electron chi connectivity index (χ1n) is 5.75. The van der Waals surface area contributed by atoms with Crippen LogP contribution in [0.5, 0.6) is 0 Å².